The van der Waals surface area contributed by atoms with E-state index in [0.29, 0.717) is 13.0 Å². The molecule has 0 aromatic heterocycles. The minimum absolute atomic E-state index is 0.0422. The summed E-state index contributed by atoms with van der Waals surface area (Å²) < 4.78 is 46.0. The molecule has 1 aliphatic heterocycles. The fourth-order valence-electron chi connectivity index (χ4n) is 2.19. The molecule has 1 heterocycles. The molecule has 0 saturated carbocycles. The first-order chi connectivity index (χ1) is 10.6. The number of nitrogens with one attached hydrogen (secondary N) is 1. The van der Waals surface area contributed by atoms with Crippen LogP contribution < -0.4 is 10.5 Å². The summed E-state index contributed by atoms with van der Waals surface area (Å²) in [5, 5.41) is 7.76. The average Bonchev–Trinajstić information content (AvgIpc) is 2.34. The Morgan fingerprint density at radius 3 is 2.26 bits per heavy atom. The van der Waals surface area contributed by atoms with Crippen molar-refractivity contribution in [2.45, 2.75) is 11.3 Å². The molecule has 3 N–H and O–H groups in total. The molecule has 2 rings (SSSR count). The van der Waals surface area contributed by atoms with Crippen LogP contribution in [0.5, 0.6) is 0 Å². The predicted molar refractivity (Wildman–Crippen MR) is 84.4 cm³/mol. The number of sulfonamides is 2. The Hall–Kier alpha value is -1.49. The van der Waals surface area contributed by atoms with Gasteiger partial charge in [-0.1, -0.05) is 12.1 Å². The third-order valence-corrected chi connectivity index (χ3v) is 5.82. The number of primary sulfonamides is 1. The molecule has 1 aliphatic rings. The summed E-state index contributed by atoms with van der Waals surface area (Å²) in [4.78, 5) is 11.9. The zero-order chi connectivity index (χ0) is 17.3. The van der Waals surface area contributed by atoms with E-state index in [1.165, 1.54) is 16.4 Å². The highest BCUT2D eigenvalue weighted by Crippen LogP contribution is 2.18. The molecule has 23 heavy (non-hydrogen) atoms. The highest BCUT2D eigenvalue weighted by molar-refractivity contribution is 7.89. The van der Waals surface area contributed by atoms with Crippen LogP contribution >= 0.6 is 0 Å². The number of rotatable bonds is 6. The highest BCUT2D eigenvalue weighted by Gasteiger charge is 2.37. The van der Waals surface area contributed by atoms with Gasteiger partial charge in [0.15, 0.2) is 0 Å². The van der Waals surface area contributed by atoms with Gasteiger partial charge in [0.2, 0.25) is 26.0 Å². The van der Waals surface area contributed by atoms with Gasteiger partial charge in [-0.25, -0.2) is 26.3 Å². The second-order valence-electron chi connectivity index (χ2n) is 5.51. The molecule has 1 amide bonds. The van der Waals surface area contributed by atoms with Crippen LogP contribution in [0, 0.1) is 5.92 Å². The third-order valence-electron chi connectivity index (χ3n) is 3.65. The van der Waals surface area contributed by atoms with Crippen LogP contribution in [0.1, 0.15) is 5.56 Å². The maximum absolute atomic E-state index is 11.8. The van der Waals surface area contributed by atoms with Crippen LogP contribution in [-0.4, -0.2) is 52.9 Å². The van der Waals surface area contributed by atoms with E-state index in [4.69, 9.17) is 5.14 Å². The topological polar surface area (TPSA) is 127 Å². The van der Waals surface area contributed by atoms with Crippen molar-refractivity contribution in [3.05, 3.63) is 29.8 Å². The van der Waals surface area contributed by atoms with E-state index in [0.717, 1.165) is 11.8 Å². The van der Waals surface area contributed by atoms with Crippen molar-refractivity contribution in [2.75, 3.05) is 25.9 Å². The van der Waals surface area contributed by atoms with Crippen LogP contribution in [0.4, 0.5) is 0 Å². The standard InChI is InChI=1S/C13H19N3O5S2/c1-22(18,19)16-8-11(9-16)13(17)15-7-6-10-2-4-12(5-3-10)23(14,20)21/h2-5,11H,6-9H2,1H3,(H,15,17)(H2,14,20,21). The Balaban J connectivity index is 1.76. The van der Waals surface area contributed by atoms with Crippen molar-refractivity contribution in [2.24, 2.45) is 11.1 Å². The van der Waals surface area contributed by atoms with Gasteiger partial charge in [0.05, 0.1) is 17.1 Å². The zero-order valence-electron chi connectivity index (χ0n) is 12.6. The average molecular weight is 361 g/mol. The second-order valence-corrected chi connectivity index (χ2v) is 9.05. The van der Waals surface area contributed by atoms with Gasteiger partial charge in [0.25, 0.3) is 0 Å². The molecule has 1 saturated heterocycles. The van der Waals surface area contributed by atoms with Crippen molar-refractivity contribution >= 4 is 26.0 Å². The van der Waals surface area contributed by atoms with E-state index in [2.05, 4.69) is 5.32 Å². The van der Waals surface area contributed by atoms with Gasteiger partial charge < -0.3 is 5.32 Å². The van der Waals surface area contributed by atoms with Crippen LogP contribution in [0.15, 0.2) is 29.2 Å². The summed E-state index contributed by atoms with van der Waals surface area (Å²) in [6.07, 6.45) is 1.66. The Kier molecular flexibility index (Phi) is 5.09. The van der Waals surface area contributed by atoms with Crippen molar-refractivity contribution in [3.8, 4) is 0 Å². The van der Waals surface area contributed by atoms with Crippen molar-refractivity contribution in [3.63, 3.8) is 0 Å². The minimum atomic E-state index is -3.70. The van der Waals surface area contributed by atoms with Gasteiger partial charge in [0.1, 0.15) is 0 Å². The molecule has 1 aromatic rings. The smallest absolute Gasteiger partial charge is 0.238 e. The first kappa shape index (κ1) is 17.9. The first-order valence-electron chi connectivity index (χ1n) is 6.92. The van der Waals surface area contributed by atoms with Crippen molar-refractivity contribution < 1.29 is 21.6 Å². The van der Waals surface area contributed by atoms with Crippen LogP contribution in [0.3, 0.4) is 0 Å². The van der Waals surface area contributed by atoms with Crippen molar-refractivity contribution in [1.82, 2.24) is 9.62 Å². The molecule has 1 aromatic carbocycles. The fourth-order valence-corrected chi connectivity index (χ4v) is 3.61. The second kappa shape index (κ2) is 6.56. The van der Waals surface area contributed by atoms with Gasteiger partial charge in [-0.2, -0.15) is 0 Å². The predicted octanol–water partition coefficient (Wildman–Crippen LogP) is -1.12. The van der Waals surface area contributed by atoms with Crippen LogP contribution in [-0.2, 0) is 31.3 Å². The molecule has 0 aliphatic carbocycles. The van der Waals surface area contributed by atoms with Gasteiger partial charge >= 0.3 is 0 Å². The Morgan fingerprint density at radius 1 is 1.22 bits per heavy atom. The number of carbonyl (C=O) groups is 1. The first-order valence-corrected chi connectivity index (χ1v) is 10.3. The Labute approximate surface area is 135 Å². The quantitative estimate of drug-likeness (QED) is 0.664. The lowest BCUT2D eigenvalue weighted by Gasteiger charge is -2.35. The summed E-state index contributed by atoms with van der Waals surface area (Å²) in [7, 11) is -6.92. The lowest BCUT2D eigenvalue weighted by molar-refractivity contribution is -0.128. The molecule has 0 bridgehead atoms. The van der Waals surface area contributed by atoms with E-state index < -0.39 is 20.0 Å². The number of nitrogens with two attached hydrogens (primary N) is 1. The molecule has 0 atom stereocenters. The molecule has 8 nitrogen and oxygen atoms in total. The van der Waals surface area contributed by atoms with E-state index in [-0.39, 0.29) is 29.8 Å². The van der Waals surface area contributed by atoms with Gasteiger partial charge in [-0.05, 0) is 24.1 Å². The molecule has 0 spiro atoms. The van der Waals surface area contributed by atoms with Gasteiger partial charge in [0, 0.05) is 19.6 Å². The lowest BCUT2D eigenvalue weighted by Crippen LogP contribution is -2.55. The Morgan fingerprint density at radius 2 is 1.78 bits per heavy atom. The highest BCUT2D eigenvalue weighted by atomic mass is 32.2. The van der Waals surface area contributed by atoms with Crippen LogP contribution in [0.2, 0.25) is 0 Å². The van der Waals surface area contributed by atoms with Crippen LogP contribution in [0.25, 0.3) is 0 Å². The van der Waals surface area contributed by atoms with E-state index in [1.807, 2.05) is 0 Å². The Bertz CT molecular complexity index is 781. The lowest BCUT2D eigenvalue weighted by atomic mass is 10.0. The number of hydrogen-bond donors (Lipinski definition) is 2. The maximum Gasteiger partial charge on any atom is 0.238 e. The normalized spacial score (nSPS) is 16.8. The van der Waals surface area contributed by atoms with E-state index in [1.54, 1.807) is 12.1 Å². The maximum atomic E-state index is 11.8. The largest absolute Gasteiger partial charge is 0.355 e. The minimum Gasteiger partial charge on any atom is -0.355 e. The van der Waals surface area contributed by atoms with Crippen molar-refractivity contribution in [1.29, 1.82) is 0 Å². The monoisotopic (exact) mass is 361 g/mol. The molecule has 0 radical (unpaired) electrons. The summed E-state index contributed by atoms with van der Waals surface area (Å²) in [6.45, 7) is 0.824. The number of hydrogen-bond acceptors (Lipinski definition) is 5. The molecular formula is C13H19N3O5S2. The zero-order valence-corrected chi connectivity index (χ0v) is 14.2. The van der Waals surface area contributed by atoms with Gasteiger partial charge in [-0.15, -0.1) is 0 Å². The summed E-state index contributed by atoms with van der Waals surface area (Å²) in [5.74, 6) is -0.486. The van der Waals surface area contributed by atoms with Gasteiger partial charge in [-0.3, -0.25) is 4.79 Å². The number of carbonyl (C=O) groups excluding carboxylic acids is 1. The molecular weight excluding hydrogens is 342 g/mol. The van der Waals surface area contributed by atoms with E-state index >= 15 is 0 Å². The fraction of sp³-hybridized carbons (Fsp3) is 0.462. The number of benzene rings is 1. The third kappa shape index (κ3) is 4.74. The SMILES string of the molecule is CS(=O)(=O)N1CC(C(=O)NCCc2ccc(S(N)(=O)=O)cc2)C1. The summed E-state index contributed by atoms with van der Waals surface area (Å²) in [5.41, 5.74) is 0.865. The molecule has 128 valence electrons. The molecule has 0 unspecified atom stereocenters. The summed E-state index contributed by atoms with van der Waals surface area (Å²) in [6, 6.07) is 6.12. The summed E-state index contributed by atoms with van der Waals surface area (Å²) >= 11 is 0. The van der Waals surface area contributed by atoms with E-state index in [9.17, 15) is 21.6 Å². The number of nitrogens with zero attached hydrogens (tertiary/aromatic N) is 1. The molecule has 1 fully saturated rings. The molecule has 10 heteroatoms. The number of amides is 1.